The zero-order valence-electron chi connectivity index (χ0n) is 13.0. The normalized spacial score (nSPS) is 22.7. The van der Waals surface area contributed by atoms with Gasteiger partial charge < -0.3 is 5.73 Å². The van der Waals surface area contributed by atoms with Crippen LogP contribution in [0.3, 0.4) is 0 Å². The summed E-state index contributed by atoms with van der Waals surface area (Å²) in [6.45, 7) is -1.02. The van der Waals surface area contributed by atoms with Gasteiger partial charge in [-0.05, 0) is 13.3 Å². The van der Waals surface area contributed by atoms with Gasteiger partial charge in [-0.15, -0.1) is 5.10 Å². The van der Waals surface area contributed by atoms with Gasteiger partial charge in [-0.1, -0.05) is 0 Å². The van der Waals surface area contributed by atoms with Crippen LogP contribution in [0.2, 0.25) is 0 Å². The zero-order valence-corrected chi connectivity index (χ0v) is 13.0. The molecule has 4 rings (SSSR count). The predicted octanol–water partition coefficient (Wildman–Crippen LogP) is 1.74. The number of halogens is 3. The summed E-state index contributed by atoms with van der Waals surface area (Å²) in [5.41, 5.74) is 6.33. The van der Waals surface area contributed by atoms with E-state index in [1.165, 1.54) is 23.1 Å². The van der Waals surface area contributed by atoms with Crippen molar-refractivity contribution in [3.63, 3.8) is 0 Å². The van der Waals surface area contributed by atoms with Gasteiger partial charge in [0.05, 0.1) is 17.8 Å². The predicted molar refractivity (Wildman–Crippen MR) is 79.4 cm³/mol. The van der Waals surface area contributed by atoms with Gasteiger partial charge >= 0.3 is 6.55 Å². The Bertz CT molecular complexity index is 996. The molecule has 0 bridgehead atoms. The van der Waals surface area contributed by atoms with Crippen LogP contribution in [0.5, 0.6) is 0 Å². The zero-order chi connectivity index (χ0) is 17.9. The van der Waals surface area contributed by atoms with Gasteiger partial charge in [0.1, 0.15) is 0 Å². The molecule has 1 amide bonds. The van der Waals surface area contributed by atoms with Crippen LogP contribution in [0.15, 0.2) is 24.7 Å². The molecule has 0 saturated heterocycles. The maximum Gasteiger partial charge on any atom is 0.333 e. The van der Waals surface area contributed by atoms with E-state index in [-0.39, 0.29) is 12.1 Å². The van der Waals surface area contributed by atoms with Crippen molar-refractivity contribution in [3.05, 3.63) is 47.4 Å². The first-order valence-corrected chi connectivity index (χ1v) is 7.48. The molecule has 3 aromatic heterocycles. The highest BCUT2D eigenvalue weighted by Gasteiger charge is 2.47. The van der Waals surface area contributed by atoms with E-state index in [0.29, 0.717) is 21.5 Å². The number of alkyl halides is 2. The first-order chi connectivity index (χ1) is 11.8. The number of nitrogens with zero attached hydrogens (tertiary/aromatic N) is 5. The van der Waals surface area contributed by atoms with Crippen molar-refractivity contribution < 1.29 is 18.0 Å². The second-order valence-corrected chi connectivity index (χ2v) is 6.28. The van der Waals surface area contributed by atoms with E-state index in [1.807, 2.05) is 0 Å². The number of aromatic nitrogens is 5. The molecule has 0 fully saturated rings. The van der Waals surface area contributed by atoms with Crippen molar-refractivity contribution in [2.24, 2.45) is 5.73 Å². The maximum absolute atomic E-state index is 13.6. The first kappa shape index (κ1) is 15.6. The van der Waals surface area contributed by atoms with Crippen molar-refractivity contribution in [3.8, 4) is 0 Å². The van der Waals surface area contributed by atoms with Crippen LogP contribution in [0, 0.1) is 5.95 Å². The van der Waals surface area contributed by atoms with Gasteiger partial charge in [0.25, 0.3) is 0 Å². The van der Waals surface area contributed by atoms with Crippen molar-refractivity contribution in [1.29, 1.82) is 0 Å². The van der Waals surface area contributed by atoms with Crippen LogP contribution in [0.1, 0.15) is 42.6 Å². The molecule has 2 unspecified atom stereocenters. The standard InChI is InChI=1S/C15H13F3N6O/c1-15(7-4-21-23(6-7)14(17)18)3-8(13(19)25)9-5-20-11-2-10(16)22-24(11)12(9)15/h2,4-6,8,14H,3H2,1H3,(H2,19,25). The van der Waals surface area contributed by atoms with E-state index in [4.69, 9.17) is 5.73 Å². The summed E-state index contributed by atoms with van der Waals surface area (Å²) in [4.78, 5) is 16.0. The molecule has 2 atom stereocenters. The number of hydrogen-bond acceptors (Lipinski definition) is 4. The molecule has 7 nitrogen and oxygen atoms in total. The summed E-state index contributed by atoms with van der Waals surface area (Å²) < 4.78 is 41.3. The fourth-order valence-electron chi connectivity index (χ4n) is 3.58. The molecular formula is C15H13F3N6O. The molecule has 3 aromatic rings. The maximum atomic E-state index is 13.6. The molecule has 0 aliphatic heterocycles. The fraction of sp³-hybridized carbons (Fsp3) is 0.333. The number of primary amides is 1. The number of carbonyl (C=O) groups excluding carboxylic acids is 1. The Morgan fingerprint density at radius 1 is 1.44 bits per heavy atom. The van der Waals surface area contributed by atoms with E-state index in [0.717, 1.165) is 6.07 Å². The van der Waals surface area contributed by atoms with E-state index in [2.05, 4.69) is 15.2 Å². The third-order valence-electron chi connectivity index (χ3n) is 4.77. The highest BCUT2D eigenvalue weighted by molar-refractivity contribution is 5.84. The van der Waals surface area contributed by atoms with Gasteiger partial charge in [0, 0.05) is 35.0 Å². The minimum absolute atomic E-state index is 0.231. The van der Waals surface area contributed by atoms with E-state index in [9.17, 15) is 18.0 Å². The van der Waals surface area contributed by atoms with E-state index < -0.39 is 29.7 Å². The van der Waals surface area contributed by atoms with Crippen LogP contribution in [0.4, 0.5) is 13.2 Å². The van der Waals surface area contributed by atoms with E-state index >= 15 is 0 Å². The summed E-state index contributed by atoms with van der Waals surface area (Å²) in [5.74, 6) is -1.98. The molecule has 1 aliphatic rings. The smallest absolute Gasteiger partial charge is 0.333 e. The second kappa shape index (κ2) is 5.04. The highest BCUT2D eigenvalue weighted by atomic mass is 19.3. The molecule has 10 heteroatoms. The Hall–Kier alpha value is -2.91. The van der Waals surface area contributed by atoms with Crippen molar-refractivity contribution in [2.45, 2.75) is 31.2 Å². The number of hydrogen-bond donors (Lipinski definition) is 1. The molecule has 25 heavy (non-hydrogen) atoms. The highest BCUT2D eigenvalue weighted by Crippen LogP contribution is 2.49. The minimum Gasteiger partial charge on any atom is -0.369 e. The topological polar surface area (TPSA) is 91.1 Å². The lowest BCUT2D eigenvalue weighted by Crippen LogP contribution is -2.25. The van der Waals surface area contributed by atoms with Crippen LogP contribution in [-0.2, 0) is 10.2 Å². The summed E-state index contributed by atoms with van der Waals surface area (Å²) in [5, 5.41) is 7.47. The molecule has 3 heterocycles. The molecule has 0 spiro atoms. The fourth-order valence-corrected chi connectivity index (χ4v) is 3.58. The number of amides is 1. The largest absolute Gasteiger partial charge is 0.369 e. The molecule has 0 saturated carbocycles. The lowest BCUT2D eigenvalue weighted by atomic mass is 9.80. The van der Waals surface area contributed by atoms with Crippen LogP contribution in [0.25, 0.3) is 5.65 Å². The van der Waals surface area contributed by atoms with Gasteiger partial charge in [0.15, 0.2) is 5.65 Å². The second-order valence-electron chi connectivity index (χ2n) is 6.28. The summed E-state index contributed by atoms with van der Waals surface area (Å²) >= 11 is 0. The van der Waals surface area contributed by atoms with Gasteiger partial charge in [-0.2, -0.15) is 18.3 Å². The third kappa shape index (κ3) is 2.13. The monoisotopic (exact) mass is 350 g/mol. The first-order valence-electron chi connectivity index (χ1n) is 7.48. The third-order valence-corrected chi connectivity index (χ3v) is 4.77. The summed E-state index contributed by atoms with van der Waals surface area (Å²) in [6, 6.07) is 1.15. The lowest BCUT2D eigenvalue weighted by Gasteiger charge is -2.24. The Balaban J connectivity index is 1.99. The molecular weight excluding hydrogens is 337 g/mol. The SMILES string of the molecule is CC1(c2cnn(C(F)F)c2)CC(C(N)=O)c2cnc3cc(F)nn3c21. The number of rotatable bonds is 3. The number of carbonyl (C=O) groups is 1. The Kier molecular flexibility index (Phi) is 3.15. The van der Waals surface area contributed by atoms with Gasteiger partial charge in [-0.3, -0.25) is 4.79 Å². The van der Waals surface area contributed by atoms with Crippen LogP contribution in [-0.4, -0.2) is 30.3 Å². The summed E-state index contributed by atoms with van der Waals surface area (Å²) in [6.07, 6.45) is 4.22. The number of fused-ring (bicyclic) bond motifs is 3. The van der Waals surface area contributed by atoms with Crippen molar-refractivity contribution in [1.82, 2.24) is 24.4 Å². The van der Waals surface area contributed by atoms with Crippen LogP contribution >= 0.6 is 0 Å². The molecule has 2 N–H and O–H groups in total. The Morgan fingerprint density at radius 2 is 2.20 bits per heavy atom. The van der Waals surface area contributed by atoms with Gasteiger partial charge in [0.2, 0.25) is 11.9 Å². The van der Waals surface area contributed by atoms with Crippen LogP contribution < -0.4 is 5.73 Å². The quantitative estimate of drug-likeness (QED) is 0.779. The average molecular weight is 350 g/mol. The lowest BCUT2D eigenvalue weighted by molar-refractivity contribution is -0.119. The molecule has 1 aliphatic carbocycles. The molecule has 0 aromatic carbocycles. The Labute approximate surface area is 139 Å². The van der Waals surface area contributed by atoms with E-state index in [1.54, 1.807) is 6.92 Å². The van der Waals surface area contributed by atoms with Gasteiger partial charge in [-0.25, -0.2) is 14.2 Å². The minimum atomic E-state index is -2.79. The average Bonchev–Trinajstić information content (AvgIpc) is 3.22. The van der Waals surface area contributed by atoms with Crippen molar-refractivity contribution >= 4 is 11.6 Å². The molecule has 130 valence electrons. The Morgan fingerprint density at radius 3 is 2.84 bits per heavy atom. The van der Waals surface area contributed by atoms with Crippen molar-refractivity contribution in [2.75, 3.05) is 0 Å². The summed E-state index contributed by atoms with van der Waals surface area (Å²) in [7, 11) is 0. The molecule has 0 radical (unpaired) electrons. The number of nitrogens with two attached hydrogens (primary N) is 1.